The Morgan fingerprint density at radius 1 is 1.35 bits per heavy atom. The zero-order chi connectivity index (χ0) is 12.3. The number of hydrogen-bond acceptors (Lipinski definition) is 2. The normalized spacial score (nSPS) is 10.9. The van der Waals surface area contributed by atoms with Crippen molar-refractivity contribution in [1.82, 2.24) is 4.57 Å². The summed E-state index contributed by atoms with van der Waals surface area (Å²) in [5.41, 5.74) is 2.95. The van der Waals surface area contributed by atoms with Crippen LogP contribution in [0.15, 0.2) is 24.3 Å². The van der Waals surface area contributed by atoms with Crippen LogP contribution in [0, 0.1) is 0 Å². The van der Waals surface area contributed by atoms with E-state index in [4.69, 9.17) is 4.74 Å². The summed E-state index contributed by atoms with van der Waals surface area (Å²) in [5.74, 6) is 0. The first-order chi connectivity index (χ1) is 8.33. The Balaban J connectivity index is 2.72. The predicted molar refractivity (Wildman–Crippen MR) is 68.3 cm³/mol. The van der Waals surface area contributed by atoms with Crippen LogP contribution in [0.5, 0.6) is 0 Å². The number of carbonyl (C=O) groups excluding carboxylic acids is 1. The summed E-state index contributed by atoms with van der Waals surface area (Å²) in [6, 6.07) is 7.96. The van der Waals surface area contributed by atoms with Crippen LogP contribution in [0.1, 0.15) is 29.4 Å². The molecule has 1 aromatic heterocycles. The molecule has 0 fully saturated rings. The highest BCUT2D eigenvalue weighted by molar-refractivity contribution is 5.99. The number of carbonyl (C=O) groups is 1. The molecular weight excluding hydrogens is 214 g/mol. The molecule has 0 atom stereocenters. The van der Waals surface area contributed by atoms with Gasteiger partial charge >= 0.3 is 0 Å². The molecule has 3 nitrogen and oxygen atoms in total. The zero-order valence-corrected chi connectivity index (χ0v) is 10.3. The van der Waals surface area contributed by atoms with Crippen molar-refractivity contribution < 1.29 is 9.53 Å². The summed E-state index contributed by atoms with van der Waals surface area (Å²) in [6.45, 7) is 2.60. The van der Waals surface area contributed by atoms with Gasteiger partial charge in [-0.05, 0) is 12.5 Å². The van der Waals surface area contributed by atoms with Crippen LogP contribution in [0.4, 0.5) is 0 Å². The molecule has 0 spiro atoms. The van der Waals surface area contributed by atoms with Gasteiger partial charge in [0.2, 0.25) is 0 Å². The Morgan fingerprint density at radius 3 is 2.76 bits per heavy atom. The molecule has 90 valence electrons. The monoisotopic (exact) mass is 231 g/mol. The van der Waals surface area contributed by atoms with E-state index < -0.39 is 0 Å². The van der Waals surface area contributed by atoms with E-state index in [9.17, 15) is 4.79 Å². The van der Waals surface area contributed by atoms with Crippen molar-refractivity contribution in [3.05, 3.63) is 35.5 Å². The van der Waals surface area contributed by atoms with Crippen molar-refractivity contribution >= 4 is 17.2 Å². The van der Waals surface area contributed by atoms with Gasteiger partial charge in [-0.3, -0.25) is 4.79 Å². The highest BCUT2D eigenvalue weighted by Crippen LogP contribution is 2.26. The zero-order valence-electron chi connectivity index (χ0n) is 10.3. The molecule has 0 saturated carbocycles. The van der Waals surface area contributed by atoms with Crippen LogP contribution in [0.3, 0.4) is 0 Å². The highest BCUT2D eigenvalue weighted by atomic mass is 16.5. The van der Waals surface area contributed by atoms with E-state index in [1.54, 1.807) is 7.11 Å². The van der Waals surface area contributed by atoms with Gasteiger partial charge in [0.25, 0.3) is 0 Å². The third-order valence-corrected chi connectivity index (χ3v) is 2.98. The Hall–Kier alpha value is -1.61. The van der Waals surface area contributed by atoms with Gasteiger partial charge in [-0.15, -0.1) is 0 Å². The maximum atomic E-state index is 11.3. The van der Waals surface area contributed by atoms with E-state index in [1.807, 2.05) is 24.3 Å². The van der Waals surface area contributed by atoms with E-state index in [2.05, 4.69) is 11.5 Å². The Labute approximate surface area is 101 Å². The second-order valence-corrected chi connectivity index (χ2v) is 4.09. The molecule has 3 heteroatoms. The summed E-state index contributed by atoms with van der Waals surface area (Å²) in [7, 11) is 1.67. The van der Waals surface area contributed by atoms with Gasteiger partial charge in [-0.1, -0.05) is 31.5 Å². The van der Waals surface area contributed by atoms with Gasteiger partial charge in [-0.2, -0.15) is 0 Å². The number of rotatable bonds is 5. The lowest BCUT2D eigenvalue weighted by atomic mass is 10.1. The minimum absolute atomic E-state index is 0.490. The van der Waals surface area contributed by atoms with E-state index in [0.717, 1.165) is 41.3 Å². The maximum absolute atomic E-state index is 11.3. The van der Waals surface area contributed by atoms with Crippen LogP contribution >= 0.6 is 0 Å². The molecule has 2 rings (SSSR count). The van der Waals surface area contributed by atoms with E-state index in [0.29, 0.717) is 6.73 Å². The van der Waals surface area contributed by atoms with Crippen molar-refractivity contribution in [2.75, 3.05) is 7.11 Å². The third kappa shape index (κ3) is 1.98. The van der Waals surface area contributed by atoms with Crippen molar-refractivity contribution in [3.63, 3.8) is 0 Å². The minimum atomic E-state index is 0.490. The summed E-state index contributed by atoms with van der Waals surface area (Å²) >= 11 is 0. The molecule has 0 aliphatic rings. The molecule has 17 heavy (non-hydrogen) atoms. The van der Waals surface area contributed by atoms with Crippen LogP contribution < -0.4 is 0 Å². The number of para-hydroxylation sites is 1. The highest BCUT2D eigenvalue weighted by Gasteiger charge is 2.15. The van der Waals surface area contributed by atoms with Crippen molar-refractivity contribution in [2.24, 2.45) is 0 Å². The number of nitrogens with zero attached hydrogens (tertiary/aromatic N) is 1. The fourth-order valence-electron chi connectivity index (χ4n) is 2.30. The standard InChI is InChI=1S/C14H17NO2/c1-3-6-13-12(9-16)11-7-4-5-8-14(11)15(13)10-17-2/h4-5,7-9H,3,6,10H2,1-2H3. The number of hydrogen-bond donors (Lipinski definition) is 0. The summed E-state index contributed by atoms with van der Waals surface area (Å²) in [6.07, 6.45) is 2.87. The predicted octanol–water partition coefficient (Wildman–Crippen LogP) is 3.01. The fourth-order valence-corrected chi connectivity index (χ4v) is 2.30. The first kappa shape index (κ1) is 11.9. The largest absolute Gasteiger partial charge is 0.364 e. The number of benzene rings is 1. The SMILES string of the molecule is CCCc1c(C=O)c2ccccc2n1COC. The third-order valence-electron chi connectivity index (χ3n) is 2.98. The number of fused-ring (bicyclic) bond motifs is 1. The lowest BCUT2D eigenvalue weighted by molar-refractivity contribution is 0.112. The first-order valence-electron chi connectivity index (χ1n) is 5.87. The number of ether oxygens (including phenoxy) is 1. The molecule has 0 bridgehead atoms. The maximum Gasteiger partial charge on any atom is 0.152 e. The van der Waals surface area contributed by atoms with Crippen LogP contribution in [0.25, 0.3) is 10.9 Å². The van der Waals surface area contributed by atoms with Gasteiger partial charge in [0.05, 0.1) is 5.52 Å². The van der Waals surface area contributed by atoms with Gasteiger partial charge in [-0.25, -0.2) is 0 Å². The second kappa shape index (κ2) is 5.15. The lowest BCUT2D eigenvalue weighted by Gasteiger charge is -2.08. The van der Waals surface area contributed by atoms with Crippen molar-refractivity contribution in [2.45, 2.75) is 26.5 Å². The average molecular weight is 231 g/mol. The quantitative estimate of drug-likeness (QED) is 0.741. The number of aromatic nitrogens is 1. The van der Waals surface area contributed by atoms with Crippen molar-refractivity contribution in [3.8, 4) is 0 Å². The van der Waals surface area contributed by atoms with Gasteiger partial charge in [0, 0.05) is 23.8 Å². The Bertz CT molecular complexity index is 528. The van der Waals surface area contributed by atoms with Gasteiger partial charge < -0.3 is 9.30 Å². The molecule has 0 saturated heterocycles. The van der Waals surface area contributed by atoms with E-state index >= 15 is 0 Å². The number of aldehydes is 1. The molecule has 0 N–H and O–H groups in total. The van der Waals surface area contributed by atoms with Gasteiger partial charge in [0.15, 0.2) is 6.29 Å². The minimum Gasteiger partial charge on any atom is -0.364 e. The first-order valence-corrected chi connectivity index (χ1v) is 5.87. The molecule has 0 unspecified atom stereocenters. The van der Waals surface area contributed by atoms with Crippen LogP contribution in [-0.4, -0.2) is 18.0 Å². The molecule has 0 amide bonds. The van der Waals surface area contributed by atoms with Crippen molar-refractivity contribution in [1.29, 1.82) is 0 Å². The molecule has 1 aromatic carbocycles. The topological polar surface area (TPSA) is 31.2 Å². The Kier molecular flexibility index (Phi) is 3.59. The van der Waals surface area contributed by atoms with E-state index in [1.165, 1.54) is 0 Å². The lowest BCUT2D eigenvalue weighted by Crippen LogP contribution is -2.05. The van der Waals surface area contributed by atoms with Crippen LogP contribution in [-0.2, 0) is 17.9 Å². The molecule has 0 aliphatic heterocycles. The molecule has 1 heterocycles. The fraction of sp³-hybridized carbons (Fsp3) is 0.357. The summed E-state index contributed by atoms with van der Waals surface area (Å²) in [5, 5.41) is 1.02. The molecular formula is C14H17NO2. The van der Waals surface area contributed by atoms with Crippen LogP contribution in [0.2, 0.25) is 0 Å². The molecule has 0 aliphatic carbocycles. The molecule has 2 aromatic rings. The smallest absolute Gasteiger partial charge is 0.152 e. The second-order valence-electron chi connectivity index (χ2n) is 4.09. The Morgan fingerprint density at radius 2 is 2.12 bits per heavy atom. The average Bonchev–Trinajstić information content (AvgIpc) is 2.65. The molecule has 0 radical (unpaired) electrons. The summed E-state index contributed by atoms with van der Waals surface area (Å²) in [4.78, 5) is 11.3. The van der Waals surface area contributed by atoms with E-state index in [-0.39, 0.29) is 0 Å². The number of methoxy groups -OCH3 is 1. The summed E-state index contributed by atoms with van der Waals surface area (Å²) < 4.78 is 7.31. The van der Waals surface area contributed by atoms with Gasteiger partial charge in [0.1, 0.15) is 6.73 Å².